The zero-order valence-corrected chi connectivity index (χ0v) is 12.3. The van der Waals surface area contributed by atoms with Crippen molar-refractivity contribution in [3.05, 3.63) is 65.6 Å². The maximum absolute atomic E-state index is 14.0. The van der Waals surface area contributed by atoms with Crippen LogP contribution in [-0.2, 0) is 0 Å². The molecule has 4 rings (SSSR count). The lowest BCUT2D eigenvalue weighted by molar-refractivity contribution is 0.622. The summed E-state index contributed by atoms with van der Waals surface area (Å²) in [5.41, 5.74) is 3.85. The van der Waals surface area contributed by atoms with Crippen molar-refractivity contribution in [2.45, 2.75) is 6.92 Å². The molecule has 4 heteroatoms. The first-order chi connectivity index (χ1) is 11.2. The number of benzene rings is 2. The lowest BCUT2D eigenvalue weighted by Gasteiger charge is -2.05. The summed E-state index contributed by atoms with van der Waals surface area (Å²) in [5.74, 6) is -0.539. The maximum atomic E-state index is 14.0. The van der Waals surface area contributed by atoms with E-state index in [2.05, 4.69) is 4.98 Å². The Morgan fingerprint density at radius 2 is 2.00 bits per heavy atom. The Hall–Kier alpha value is -3.19. The molecular formula is C19H11FN2O. The van der Waals surface area contributed by atoms with E-state index in [1.54, 1.807) is 6.20 Å². The molecule has 0 bridgehead atoms. The normalized spacial score (nSPS) is 11.0. The summed E-state index contributed by atoms with van der Waals surface area (Å²) in [4.78, 5) is 4.39. The first kappa shape index (κ1) is 13.5. The van der Waals surface area contributed by atoms with Gasteiger partial charge in [-0.2, -0.15) is 5.26 Å². The average Bonchev–Trinajstić information content (AvgIpc) is 2.92. The van der Waals surface area contributed by atoms with Gasteiger partial charge >= 0.3 is 0 Å². The highest BCUT2D eigenvalue weighted by Crippen LogP contribution is 2.37. The van der Waals surface area contributed by atoms with E-state index >= 15 is 0 Å². The van der Waals surface area contributed by atoms with Gasteiger partial charge < -0.3 is 4.42 Å². The van der Waals surface area contributed by atoms with Crippen LogP contribution >= 0.6 is 0 Å². The van der Waals surface area contributed by atoms with Crippen LogP contribution in [0.25, 0.3) is 33.2 Å². The van der Waals surface area contributed by atoms with E-state index in [0.717, 1.165) is 22.2 Å². The molecule has 0 aliphatic carbocycles. The van der Waals surface area contributed by atoms with Crippen molar-refractivity contribution in [3.8, 4) is 17.3 Å². The summed E-state index contributed by atoms with van der Waals surface area (Å²) in [6.45, 7) is 1.98. The number of aryl methyl sites for hydroxylation is 1. The zero-order chi connectivity index (χ0) is 16.0. The highest BCUT2D eigenvalue weighted by molar-refractivity contribution is 6.10. The SMILES string of the molecule is Cc1ccc2c(oc3cc(C#N)c(F)cc32)c1-c1ccccn1. The van der Waals surface area contributed by atoms with Gasteiger partial charge in [0, 0.05) is 28.6 Å². The van der Waals surface area contributed by atoms with E-state index in [9.17, 15) is 4.39 Å². The molecule has 0 unspecified atom stereocenters. The van der Waals surface area contributed by atoms with Gasteiger partial charge in [-0.25, -0.2) is 4.39 Å². The van der Waals surface area contributed by atoms with Crippen molar-refractivity contribution >= 4 is 21.9 Å². The number of aromatic nitrogens is 1. The molecule has 0 N–H and O–H groups in total. The first-order valence-electron chi connectivity index (χ1n) is 7.16. The van der Waals surface area contributed by atoms with Crippen molar-refractivity contribution in [2.24, 2.45) is 0 Å². The average molecular weight is 302 g/mol. The van der Waals surface area contributed by atoms with Crippen LogP contribution in [0.3, 0.4) is 0 Å². The quantitative estimate of drug-likeness (QED) is 0.499. The van der Waals surface area contributed by atoms with Crippen molar-refractivity contribution in [1.82, 2.24) is 4.98 Å². The van der Waals surface area contributed by atoms with Crippen LogP contribution in [0.1, 0.15) is 11.1 Å². The van der Waals surface area contributed by atoms with E-state index in [1.807, 2.05) is 43.3 Å². The molecule has 0 amide bonds. The second-order valence-electron chi connectivity index (χ2n) is 5.39. The highest BCUT2D eigenvalue weighted by Gasteiger charge is 2.17. The number of pyridine rings is 1. The number of fused-ring (bicyclic) bond motifs is 3. The molecule has 23 heavy (non-hydrogen) atoms. The van der Waals surface area contributed by atoms with Crippen LogP contribution in [0.15, 0.2) is 53.1 Å². The molecule has 2 aromatic carbocycles. The van der Waals surface area contributed by atoms with Crippen molar-refractivity contribution in [3.63, 3.8) is 0 Å². The van der Waals surface area contributed by atoms with Gasteiger partial charge in [0.05, 0.1) is 11.3 Å². The number of hydrogen-bond donors (Lipinski definition) is 0. The molecule has 0 fully saturated rings. The van der Waals surface area contributed by atoms with E-state index in [4.69, 9.17) is 9.68 Å². The Bertz CT molecular complexity index is 1090. The lowest BCUT2D eigenvalue weighted by atomic mass is 10.0. The van der Waals surface area contributed by atoms with E-state index in [1.165, 1.54) is 12.1 Å². The Morgan fingerprint density at radius 1 is 1.13 bits per heavy atom. The molecule has 0 spiro atoms. The molecular weight excluding hydrogens is 291 g/mol. The second kappa shape index (κ2) is 4.92. The van der Waals surface area contributed by atoms with Crippen LogP contribution in [0.5, 0.6) is 0 Å². The Kier molecular flexibility index (Phi) is 2.88. The standard InChI is InChI=1S/C19H11FN2O/c1-11-5-6-13-14-9-15(20)12(10-21)8-17(14)23-19(13)18(11)16-4-2-3-7-22-16/h2-9H,1H3. The molecule has 0 saturated heterocycles. The van der Waals surface area contributed by atoms with Crippen LogP contribution in [-0.4, -0.2) is 4.98 Å². The van der Waals surface area contributed by atoms with E-state index in [-0.39, 0.29) is 5.56 Å². The smallest absolute Gasteiger partial charge is 0.145 e. The molecule has 2 heterocycles. The molecule has 4 aromatic rings. The molecule has 110 valence electrons. The Morgan fingerprint density at radius 3 is 2.74 bits per heavy atom. The van der Waals surface area contributed by atoms with Crippen LogP contribution in [0.2, 0.25) is 0 Å². The molecule has 0 saturated carbocycles. The van der Waals surface area contributed by atoms with Crippen LogP contribution in [0.4, 0.5) is 4.39 Å². The summed E-state index contributed by atoms with van der Waals surface area (Å²) in [7, 11) is 0. The predicted molar refractivity (Wildman–Crippen MR) is 86.4 cm³/mol. The summed E-state index contributed by atoms with van der Waals surface area (Å²) >= 11 is 0. The van der Waals surface area contributed by atoms with Gasteiger partial charge in [-0.05, 0) is 30.7 Å². The first-order valence-corrected chi connectivity index (χ1v) is 7.16. The summed E-state index contributed by atoms with van der Waals surface area (Å²) < 4.78 is 19.9. The fraction of sp³-hybridized carbons (Fsp3) is 0.0526. The monoisotopic (exact) mass is 302 g/mol. The number of furan rings is 1. The van der Waals surface area contributed by atoms with Gasteiger partial charge in [0.15, 0.2) is 0 Å². The van der Waals surface area contributed by atoms with E-state index < -0.39 is 5.82 Å². The number of nitrogens with zero attached hydrogens (tertiary/aromatic N) is 2. The number of halogens is 1. The predicted octanol–water partition coefficient (Wildman–Crippen LogP) is 4.97. The van der Waals surface area contributed by atoms with Gasteiger partial charge in [-0.1, -0.05) is 18.2 Å². The van der Waals surface area contributed by atoms with Gasteiger partial charge in [0.1, 0.15) is 23.1 Å². The fourth-order valence-corrected chi connectivity index (χ4v) is 2.87. The Balaban J connectivity index is 2.14. The van der Waals surface area contributed by atoms with Gasteiger partial charge in [-0.3, -0.25) is 4.98 Å². The molecule has 0 atom stereocenters. The third-order valence-electron chi connectivity index (χ3n) is 3.98. The fourth-order valence-electron chi connectivity index (χ4n) is 2.87. The number of hydrogen-bond acceptors (Lipinski definition) is 3. The van der Waals surface area contributed by atoms with Gasteiger partial charge in [-0.15, -0.1) is 0 Å². The lowest BCUT2D eigenvalue weighted by Crippen LogP contribution is -1.87. The minimum Gasteiger partial charge on any atom is -0.455 e. The highest BCUT2D eigenvalue weighted by atomic mass is 19.1. The molecule has 2 aromatic heterocycles. The third kappa shape index (κ3) is 1.98. The van der Waals surface area contributed by atoms with Gasteiger partial charge in [0.25, 0.3) is 0 Å². The van der Waals surface area contributed by atoms with Crippen molar-refractivity contribution < 1.29 is 8.81 Å². The summed E-state index contributed by atoms with van der Waals surface area (Å²) in [6.07, 6.45) is 1.73. The zero-order valence-electron chi connectivity index (χ0n) is 12.3. The van der Waals surface area contributed by atoms with Crippen molar-refractivity contribution in [1.29, 1.82) is 5.26 Å². The largest absolute Gasteiger partial charge is 0.455 e. The molecule has 0 aliphatic heterocycles. The van der Waals surface area contributed by atoms with Crippen LogP contribution in [0, 0.1) is 24.1 Å². The van der Waals surface area contributed by atoms with E-state index in [0.29, 0.717) is 16.6 Å². The summed E-state index contributed by atoms with van der Waals surface area (Å²) in [5, 5.41) is 10.5. The minimum absolute atomic E-state index is 0.0207. The molecule has 0 aliphatic rings. The minimum atomic E-state index is -0.539. The van der Waals surface area contributed by atoms with Crippen molar-refractivity contribution in [2.75, 3.05) is 0 Å². The number of nitriles is 1. The topological polar surface area (TPSA) is 49.8 Å². The third-order valence-corrected chi connectivity index (χ3v) is 3.98. The molecule has 0 radical (unpaired) electrons. The molecule has 3 nitrogen and oxygen atoms in total. The van der Waals surface area contributed by atoms with Gasteiger partial charge in [0.2, 0.25) is 0 Å². The second-order valence-corrected chi connectivity index (χ2v) is 5.39. The maximum Gasteiger partial charge on any atom is 0.145 e. The Labute approximate surface area is 131 Å². The van der Waals surface area contributed by atoms with Crippen LogP contribution < -0.4 is 0 Å². The summed E-state index contributed by atoms with van der Waals surface area (Å²) in [6, 6.07) is 14.2. The number of rotatable bonds is 1.